The van der Waals surface area contributed by atoms with E-state index in [1.165, 1.54) is 45.6 Å². The van der Waals surface area contributed by atoms with Crippen molar-refractivity contribution in [1.29, 1.82) is 0 Å². The van der Waals surface area contributed by atoms with E-state index in [1.54, 1.807) is 0 Å². The van der Waals surface area contributed by atoms with Gasteiger partial charge in [-0.05, 0) is 6.42 Å². The van der Waals surface area contributed by atoms with Gasteiger partial charge in [0.15, 0.2) is 0 Å². The largest absolute Gasteiger partial charge is 0.459 e. The molecule has 0 bridgehead atoms. The Kier molecular flexibility index (Phi) is 10.9. The van der Waals surface area contributed by atoms with Crippen LogP contribution >= 0.6 is 0 Å². The second kappa shape index (κ2) is 13.1. The summed E-state index contributed by atoms with van der Waals surface area (Å²) in [6, 6.07) is 0. The highest BCUT2D eigenvalue weighted by molar-refractivity contribution is 5.88. The van der Waals surface area contributed by atoms with Gasteiger partial charge in [0.2, 0.25) is 0 Å². The minimum Gasteiger partial charge on any atom is -0.459 e. The zero-order valence-electron chi connectivity index (χ0n) is 12.3. The third-order valence-electron chi connectivity index (χ3n) is 2.67. The summed E-state index contributed by atoms with van der Waals surface area (Å²) in [7, 11) is 1.35. The third-order valence-corrected chi connectivity index (χ3v) is 2.67. The SMILES string of the molecule is [2H][C@@H](C)CCCCCCCCCC#CC(=O)OC. The zero-order valence-corrected chi connectivity index (χ0v) is 11.3. The molecule has 0 saturated carbocycles. The van der Waals surface area contributed by atoms with Crippen molar-refractivity contribution in [2.24, 2.45) is 0 Å². The van der Waals surface area contributed by atoms with Crippen molar-refractivity contribution >= 4 is 5.97 Å². The van der Waals surface area contributed by atoms with Crippen LogP contribution in [0, 0.1) is 11.8 Å². The molecule has 0 radical (unpaired) electrons. The van der Waals surface area contributed by atoms with Gasteiger partial charge >= 0.3 is 5.97 Å². The van der Waals surface area contributed by atoms with Crippen LogP contribution in [0.25, 0.3) is 0 Å². The number of hydrogen-bond acceptors (Lipinski definition) is 2. The molecule has 0 aromatic rings. The predicted octanol–water partition coefficient (Wildman–Crippen LogP) is 4.08. The van der Waals surface area contributed by atoms with E-state index in [-0.39, 0.29) is 6.40 Å². The van der Waals surface area contributed by atoms with Crippen LogP contribution in [0.5, 0.6) is 0 Å². The second-order valence-electron chi connectivity index (χ2n) is 4.22. The number of carbonyl (C=O) groups excluding carboxylic acids is 1. The second-order valence-corrected chi connectivity index (χ2v) is 4.22. The van der Waals surface area contributed by atoms with Crippen molar-refractivity contribution in [2.75, 3.05) is 7.11 Å². The van der Waals surface area contributed by atoms with Gasteiger partial charge in [0.05, 0.1) is 7.11 Å². The van der Waals surface area contributed by atoms with Gasteiger partial charge < -0.3 is 4.74 Å². The van der Waals surface area contributed by atoms with Crippen molar-refractivity contribution < 1.29 is 10.9 Å². The quantitative estimate of drug-likeness (QED) is 0.262. The maximum atomic E-state index is 10.7. The van der Waals surface area contributed by atoms with Gasteiger partial charge in [-0.2, -0.15) is 0 Å². The molecule has 17 heavy (non-hydrogen) atoms. The van der Waals surface area contributed by atoms with Gasteiger partial charge in [0.25, 0.3) is 0 Å². The van der Waals surface area contributed by atoms with E-state index < -0.39 is 5.97 Å². The van der Waals surface area contributed by atoms with Crippen molar-refractivity contribution in [3.05, 3.63) is 0 Å². The molecule has 2 nitrogen and oxygen atoms in total. The highest BCUT2D eigenvalue weighted by atomic mass is 16.5. The first kappa shape index (κ1) is 14.1. The summed E-state index contributed by atoms with van der Waals surface area (Å²) in [6.07, 6.45) is 10.4. The van der Waals surface area contributed by atoms with Crippen LogP contribution in [0.15, 0.2) is 0 Å². The molecule has 2 heteroatoms. The van der Waals surface area contributed by atoms with E-state index >= 15 is 0 Å². The van der Waals surface area contributed by atoms with Gasteiger partial charge in [-0.3, -0.25) is 0 Å². The number of unbranched alkanes of at least 4 members (excludes halogenated alkanes) is 7. The lowest BCUT2D eigenvalue weighted by atomic mass is 10.1. The van der Waals surface area contributed by atoms with E-state index in [0.717, 1.165) is 19.3 Å². The van der Waals surface area contributed by atoms with E-state index in [2.05, 4.69) is 16.6 Å². The van der Waals surface area contributed by atoms with Crippen molar-refractivity contribution in [2.45, 2.75) is 71.1 Å². The first-order valence-corrected chi connectivity index (χ1v) is 6.66. The fourth-order valence-electron chi connectivity index (χ4n) is 1.63. The first-order chi connectivity index (χ1) is 8.66. The Balaban J connectivity index is 3.16. The van der Waals surface area contributed by atoms with Crippen LogP contribution in [0.1, 0.15) is 72.5 Å². The van der Waals surface area contributed by atoms with Crippen molar-refractivity contribution in [1.82, 2.24) is 0 Å². The molecule has 1 atom stereocenters. The van der Waals surface area contributed by atoms with Crippen LogP contribution in [0.4, 0.5) is 0 Å². The van der Waals surface area contributed by atoms with Crippen LogP contribution in [0.2, 0.25) is 0 Å². The zero-order chi connectivity index (χ0) is 13.6. The number of hydrogen-bond donors (Lipinski definition) is 0. The smallest absolute Gasteiger partial charge is 0.384 e. The standard InChI is InChI=1S/C15H26O2/c1-3-4-5-6-7-8-9-10-11-12-13-14-15(16)17-2/h3-12H2,1-2H3/i3D/t3-/m0/s1. The highest BCUT2D eigenvalue weighted by Gasteiger charge is 1.92. The van der Waals surface area contributed by atoms with Crippen LogP contribution < -0.4 is 0 Å². The van der Waals surface area contributed by atoms with Gasteiger partial charge in [-0.1, -0.05) is 64.2 Å². The maximum Gasteiger partial charge on any atom is 0.384 e. The fraction of sp³-hybridized carbons (Fsp3) is 0.800. The Hall–Kier alpha value is -0.970. The average Bonchev–Trinajstić information content (AvgIpc) is 2.35. The molecular weight excluding hydrogens is 212 g/mol. The lowest BCUT2D eigenvalue weighted by Gasteiger charge is -2.00. The molecule has 0 aliphatic carbocycles. The van der Waals surface area contributed by atoms with Gasteiger partial charge in [0.1, 0.15) is 0 Å². The molecule has 0 aliphatic heterocycles. The normalized spacial score (nSPS) is 12.2. The van der Waals surface area contributed by atoms with E-state index in [1.807, 2.05) is 6.92 Å². The summed E-state index contributed by atoms with van der Waals surface area (Å²) in [5, 5.41) is 0. The topological polar surface area (TPSA) is 26.3 Å². The monoisotopic (exact) mass is 239 g/mol. The molecule has 0 fully saturated rings. The molecule has 0 heterocycles. The number of methoxy groups -OCH3 is 1. The van der Waals surface area contributed by atoms with Gasteiger partial charge in [-0.25, -0.2) is 4.79 Å². The molecule has 0 rings (SSSR count). The highest BCUT2D eigenvalue weighted by Crippen LogP contribution is 2.10. The van der Waals surface area contributed by atoms with Gasteiger partial charge in [-0.15, -0.1) is 0 Å². The molecule has 0 amide bonds. The van der Waals surface area contributed by atoms with E-state index in [9.17, 15) is 4.79 Å². The first-order valence-electron chi connectivity index (χ1n) is 7.23. The number of carbonyl (C=O) groups is 1. The predicted molar refractivity (Wildman–Crippen MR) is 71.6 cm³/mol. The fourth-order valence-corrected chi connectivity index (χ4v) is 1.63. The molecule has 0 N–H and O–H groups in total. The minimum atomic E-state index is -0.446. The summed E-state index contributed by atoms with van der Waals surface area (Å²) in [5.74, 6) is 4.80. The molecule has 0 aromatic carbocycles. The summed E-state index contributed by atoms with van der Waals surface area (Å²) in [6.45, 7) is 1.95. The lowest BCUT2D eigenvalue weighted by Crippen LogP contribution is -1.94. The minimum absolute atomic E-state index is 0.0957. The van der Waals surface area contributed by atoms with Gasteiger partial charge in [0, 0.05) is 13.7 Å². The van der Waals surface area contributed by atoms with Crippen LogP contribution in [0.3, 0.4) is 0 Å². The van der Waals surface area contributed by atoms with E-state index in [0.29, 0.717) is 0 Å². The Morgan fingerprint density at radius 1 is 1.06 bits per heavy atom. The number of esters is 1. The summed E-state index contributed by atoms with van der Waals surface area (Å²) in [5.41, 5.74) is 0. The Bertz CT molecular complexity index is 263. The van der Waals surface area contributed by atoms with Crippen molar-refractivity contribution in [3.63, 3.8) is 0 Å². The molecule has 0 spiro atoms. The Morgan fingerprint density at radius 2 is 1.59 bits per heavy atom. The third kappa shape index (κ3) is 13.0. The molecule has 0 aliphatic rings. The maximum absolute atomic E-state index is 10.7. The van der Waals surface area contributed by atoms with Crippen LogP contribution in [-0.2, 0) is 9.53 Å². The summed E-state index contributed by atoms with van der Waals surface area (Å²) >= 11 is 0. The molecule has 98 valence electrons. The summed E-state index contributed by atoms with van der Waals surface area (Å²) in [4.78, 5) is 10.7. The van der Waals surface area contributed by atoms with E-state index in [4.69, 9.17) is 1.37 Å². The lowest BCUT2D eigenvalue weighted by molar-refractivity contribution is -0.133. The molecule has 0 saturated heterocycles. The molecular formula is C15H26O2. The van der Waals surface area contributed by atoms with Crippen molar-refractivity contribution in [3.8, 4) is 11.8 Å². The number of rotatable bonds is 9. The Labute approximate surface area is 108 Å². The average molecular weight is 239 g/mol. The van der Waals surface area contributed by atoms with Crippen LogP contribution in [-0.4, -0.2) is 13.1 Å². The molecule has 0 aromatic heterocycles. The number of ether oxygens (including phenoxy) is 1. The Morgan fingerprint density at radius 3 is 2.12 bits per heavy atom. The summed E-state index contributed by atoms with van der Waals surface area (Å²) < 4.78 is 11.8. The molecule has 0 unspecified atom stereocenters.